The maximum Gasteiger partial charge on any atom is 0.129 e. The highest BCUT2D eigenvalue weighted by molar-refractivity contribution is 9.10. The van der Waals surface area contributed by atoms with E-state index < -0.39 is 6.17 Å². The van der Waals surface area contributed by atoms with Crippen LogP contribution in [0, 0.1) is 34.4 Å². The molecule has 1 saturated heterocycles. The third kappa shape index (κ3) is 2.82. The first-order valence-electron chi connectivity index (χ1n) is 10.7. The van der Waals surface area contributed by atoms with Crippen LogP contribution in [0.2, 0.25) is 0 Å². The standard InChI is InChI=1S/C22H30BrF2N3/c23-14-2-1-13(17(24)7-14)8-22(12-26)16(9-28-19-11-27-10-18(19)25)15-3-4-20(22)21(15)5-6-21/h1-2,7,15-16,18-20,27-28H,3-6,8-12,26H2/t15?,16?,18-,19+,20?,22?/m0/s1. The summed E-state index contributed by atoms with van der Waals surface area (Å²) in [5.74, 6) is 1.48. The van der Waals surface area contributed by atoms with Crippen LogP contribution >= 0.6 is 15.9 Å². The zero-order chi connectivity index (χ0) is 19.5. The molecule has 1 aromatic carbocycles. The van der Waals surface area contributed by atoms with Gasteiger partial charge >= 0.3 is 0 Å². The van der Waals surface area contributed by atoms with Crippen molar-refractivity contribution in [2.24, 2.45) is 34.3 Å². The van der Waals surface area contributed by atoms with Gasteiger partial charge in [0.1, 0.15) is 12.0 Å². The van der Waals surface area contributed by atoms with E-state index in [-0.39, 0.29) is 17.3 Å². The van der Waals surface area contributed by atoms with E-state index in [1.807, 2.05) is 12.1 Å². The van der Waals surface area contributed by atoms with E-state index >= 15 is 0 Å². The number of rotatable bonds is 6. The third-order valence-corrected chi connectivity index (χ3v) is 9.09. The maximum absolute atomic E-state index is 14.7. The first-order valence-corrected chi connectivity index (χ1v) is 11.5. The number of hydrogen-bond donors (Lipinski definition) is 3. The molecule has 1 aromatic rings. The molecule has 6 atom stereocenters. The number of alkyl halides is 1. The Morgan fingerprint density at radius 1 is 1.25 bits per heavy atom. The van der Waals surface area contributed by atoms with Crippen molar-refractivity contribution < 1.29 is 8.78 Å². The van der Waals surface area contributed by atoms with E-state index in [0.717, 1.165) is 16.6 Å². The molecule has 4 unspecified atom stereocenters. The van der Waals surface area contributed by atoms with Gasteiger partial charge in [0.05, 0.1) is 6.04 Å². The average Bonchev–Trinajstić information content (AvgIpc) is 3.17. The lowest BCUT2D eigenvalue weighted by Crippen LogP contribution is -2.50. The van der Waals surface area contributed by atoms with Crippen molar-refractivity contribution in [3.05, 3.63) is 34.1 Å². The summed E-state index contributed by atoms with van der Waals surface area (Å²) in [7, 11) is 0. The molecule has 28 heavy (non-hydrogen) atoms. The third-order valence-electron chi connectivity index (χ3n) is 8.60. The molecule has 0 aromatic heterocycles. The normalized spacial score (nSPS) is 40.5. The van der Waals surface area contributed by atoms with Crippen LogP contribution in [0.5, 0.6) is 0 Å². The first kappa shape index (κ1) is 19.4. The molecule has 4 N–H and O–H groups in total. The van der Waals surface area contributed by atoms with Gasteiger partial charge in [-0.3, -0.25) is 0 Å². The Kier molecular flexibility index (Phi) is 4.85. The molecule has 0 amide bonds. The molecular weight excluding hydrogens is 424 g/mol. The van der Waals surface area contributed by atoms with Crippen LogP contribution in [0.3, 0.4) is 0 Å². The minimum atomic E-state index is -0.829. The molecule has 0 radical (unpaired) electrons. The molecule has 2 bridgehead atoms. The zero-order valence-corrected chi connectivity index (χ0v) is 17.8. The Labute approximate surface area is 174 Å². The first-order chi connectivity index (χ1) is 13.5. The van der Waals surface area contributed by atoms with Crippen molar-refractivity contribution >= 4 is 15.9 Å². The van der Waals surface area contributed by atoms with Crippen molar-refractivity contribution in [1.29, 1.82) is 0 Å². The van der Waals surface area contributed by atoms with E-state index in [1.165, 1.54) is 25.7 Å². The molecule has 3 saturated carbocycles. The highest BCUT2D eigenvalue weighted by Gasteiger charge is 2.73. The molecule has 3 nitrogen and oxygen atoms in total. The van der Waals surface area contributed by atoms with E-state index in [4.69, 9.17) is 5.73 Å². The summed E-state index contributed by atoms with van der Waals surface area (Å²) < 4.78 is 29.6. The minimum absolute atomic E-state index is 0.0844. The SMILES string of the molecule is NCC1(Cc2ccc(Br)cc2F)C(CN[C@@H]2CNC[C@@H]2F)C2CCC1C21CC1. The Morgan fingerprint density at radius 3 is 2.71 bits per heavy atom. The number of benzene rings is 1. The van der Waals surface area contributed by atoms with Crippen LogP contribution in [0.4, 0.5) is 8.78 Å². The van der Waals surface area contributed by atoms with E-state index in [2.05, 4.69) is 26.6 Å². The summed E-state index contributed by atoms with van der Waals surface area (Å²) in [6.07, 6.45) is 4.92. The van der Waals surface area contributed by atoms with Crippen LogP contribution in [0.25, 0.3) is 0 Å². The summed E-state index contributed by atoms with van der Waals surface area (Å²) in [6, 6.07) is 5.28. The Bertz CT molecular complexity index is 755. The van der Waals surface area contributed by atoms with Crippen LogP contribution in [-0.4, -0.2) is 38.4 Å². The monoisotopic (exact) mass is 453 g/mol. The largest absolute Gasteiger partial charge is 0.330 e. The quantitative estimate of drug-likeness (QED) is 0.618. The van der Waals surface area contributed by atoms with Crippen molar-refractivity contribution in [2.75, 3.05) is 26.2 Å². The van der Waals surface area contributed by atoms with E-state index in [9.17, 15) is 8.78 Å². The average molecular weight is 454 g/mol. The van der Waals surface area contributed by atoms with Gasteiger partial charge in [-0.05, 0) is 91.5 Å². The fourth-order valence-electron chi connectivity index (χ4n) is 7.27. The Hall–Kier alpha value is -0.560. The fraction of sp³-hybridized carbons (Fsp3) is 0.727. The van der Waals surface area contributed by atoms with Crippen molar-refractivity contribution in [2.45, 2.75) is 44.3 Å². The summed E-state index contributed by atoms with van der Waals surface area (Å²) >= 11 is 3.36. The van der Waals surface area contributed by atoms with E-state index in [0.29, 0.717) is 49.2 Å². The lowest BCUT2D eigenvalue weighted by molar-refractivity contribution is 0.0792. The summed E-state index contributed by atoms with van der Waals surface area (Å²) in [4.78, 5) is 0. The second-order valence-corrected chi connectivity index (χ2v) is 10.5. The maximum atomic E-state index is 14.7. The Morgan fingerprint density at radius 2 is 2.07 bits per heavy atom. The van der Waals surface area contributed by atoms with Crippen molar-refractivity contribution in [3.63, 3.8) is 0 Å². The highest BCUT2D eigenvalue weighted by atomic mass is 79.9. The van der Waals surface area contributed by atoms with E-state index in [1.54, 1.807) is 6.07 Å². The second kappa shape index (κ2) is 7.00. The van der Waals surface area contributed by atoms with Gasteiger partial charge in [0.2, 0.25) is 0 Å². The molecule has 154 valence electrons. The van der Waals surface area contributed by atoms with Crippen LogP contribution < -0.4 is 16.4 Å². The fourth-order valence-corrected chi connectivity index (χ4v) is 7.61. The number of nitrogens with one attached hydrogen (secondary N) is 2. The molecule has 4 fully saturated rings. The second-order valence-electron chi connectivity index (χ2n) is 9.61. The molecule has 1 heterocycles. The van der Waals surface area contributed by atoms with Crippen molar-refractivity contribution in [1.82, 2.24) is 10.6 Å². The molecule has 1 aliphatic heterocycles. The predicted octanol–water partition coefficient (Wildman–Crippen LogP) is 3.41. The van der Waals surface area contributed by atoms with Gasteiger partial charge in [0, 0.05) is 17.6 Å². The summed E-state index contributed by atoms with van der Waals surface area (Å²) in [5.41, 5.74) is 7.61. The summed E-state index contributed by atoms with van der Waals surface area (Å²) in [6.45, 7) is 2.50. The minimum Gasteiger partial charge on any atom is -0.330 e. The van der Waals surface area contributed by atoms with Gasteiger partial charge in [-0.25, -0.2) is 8.78 Å². The number of halogens is 3. The highest BCUT2D eigenvalue weighted by Crippen LogP contribution is 2.78. The smallest absolute Gasteiger partial charge is 0.129 e. The number of hydrogen-bond acceptors (Lipinski definition) is 3. The Balaban J connectivity index is 1.44. The number of nitrogens with two attached hydrogens (primary N) is 1. The van der Waals surface area contributed by atoms with Crippen LogP contribution in [-0.2, 0) is 6.42 Å². The molecule has 1 spiro atoms. The van der Waals surface area contributed by atoms with Crippen LogP contribution in [0.15, 0.2) is 22.7 Å². The van der Waals surface area contributed by atoms with Gasteiger partial charge in [-0.15, -0.1) is 0 Å². The van der Waals surface area contributed by atoms with Crippen LogP contribution in [0.1, 0.15) is 31.2 Å². The topological polar surface area (TPSA) is 50.1 Å². The van der Waals surface area contributed by atoms with Gasteiger partial charge in [-0.1, -0.05) is 22.0 Å². The molecular formula is C22H30BrF2N3. The van der Waals surface area contributed by atoms with Gasteiger partial charge < -0.3 is 16.4 Å². The lowest BCUT2D eigenvalue weighted by Gasteiger charge is -2.44. The molecule has 4 aliphatic rings. The lowest BCUT2D eigenvalue weighted by atomic mass is 9.62. The van der Waals surface area contributed by atoms with Crippen molar-refractivity contribution in [3.8, 4) is 0 Å². The zero-order valence-electron chi connectivity index (χ0n) is 16.2. The van der Waals surface area contributed by atoms with Gasteiger partial charge in [0.25, 0.3) is 0 Å². The van der Waals surface area contributed by atoms with Gasteiger partial charge in [-0.2, -0.15) is 0 Å². The summed E-state index contributed by atoms with van der Waals surface area (Å²) in [5, 5.41) is 6.66. The molecule has 3 aliphatic carbocycles. The molecule has 6 heteroatoms. The predicted molar refractivity (Wildman–Crippen MR) is 110 cm³/mol. The molecule has 5 rings (SSSR count). The van der Waals surface area contributed by atoms with Gasteiger partial charge in [0.15, 0.2) is 0 Å².